The molecule has 1 heterocycles. The zero-order chi connectivity index (χ0) is 13.2. The molecule has 18 heavy (non-hydrogen) atoms. The first-order valence-electron chi connectivity index (χ1n) is 6.45. The van der Waals surface area contributed by atoms with Gasteiger partial charge in [-0.2, -0.15) is 0 Å². The summed E-state index contributed by atoms with van der Waals surface area (Å²) in [6.07, 6.45) is 7.25. The molecule has 3 nitrogen and oxygen atoms in total. The van der Waals surface area contributed by atoms with Crippen LogP contribution in [0.4, 0.5) is 0 Å². The highest BCUT2D eigenvalue weighted by molar-refractivity contribution is 6.33. The summed E-state index contributed by atoms with van der Waals surface area (Å²) in [5.41, 5.74) is 1.19. The van der Waals surface area contributed by atoms with Crippen molar-refractivity contribution in [3.63, 3.8) is 0 Å². The summed E-state index contributed by atoms with van der Waals surface area (Å²) in [6.45, 7) is 3.97. The third kappa shape index (κ3) is 3.02. The minimum absolute atomic E-state index is 0.0937. The summed E-state index contributed by atoms with van der Waals surface area (Å²) < 4.78 is 0. The molecule has 0 radical (unpaired) electrons. The van der Waals surface area contributed by atoms with Gasteiger partial charge in [0.2, 0.25) is 0 Å². The number of halogens is 1. The molecule has 1 fully saturated rings. The van der Waals surface area contributed by atoms with Crippen LogP contribution in [0.2, 0.25) is 5.02 Å². The number of nitrogens with one attached hydrogen (secondary N) is 1. The summed E-state index contributed by atoms with van der Waals surface area (Å²) in [7, 11) is 0. The predicted octanol–water partition coefficient (Wildman–Crippen LogP) is 3.50. The van der Waals surface area contributed by atoms with Crippen LogP contribution in [0.1, 0.15) is 55.1 Å². The molecule has 0 saturated heterocycles. The maximum atomic E-state index is 12.2. The van der Waals surface area contributed by atoms with E-state index in [1.807, 2.05) is 6.92 Å². The Morgan fingerprint density at radius 1 is 1.39 bits per heavy atom. The van der Waals surface area contributed by atoms with Gasteiger partial charge in [-0.25, -0.2) is 0 Å². The lowest BCUT2D eigenvalue weighted by Crippen LogP contribution is -2.47. The first kappa shape index (κ1) is 13.3. The van der Waals surface area contributed by atoms with Gasteiger partial charge in [-0.3, -0.25) is 9.78 Å². The van der Waals surface area contributed by atoms with E-state index in [2.05, 4.69) is 17.2 Å². The second-order valence-corrected chi connectivity index (χ2v) is 5.79. The average molecular weight is 267 g/mol. The number of pyridine rings is 1. The van der Waals surface area contributed by atoms with Crippen LogP contribution in [0.5, 0.6) is 0 Å². The molecule has 1 aliphatic rings. The van der Waals surface area contributed by atoms with Crippen molar-refractivity contribution in [3.05, 3.63) is 28.5 Å². The molecule has 0 bridgehead atoms. The quantitative estimate of drug-likeness (QED) is 0.890. The molecule has 0 spiro atoms. The molecule has 98 valence electrons. The summed E-state index contributed by atoms with van der Waals surface area (Å²) >= 11 is 6.09. The molecule has 2 rings (SSSR count). The van der Waals surface area contributed by atoms with E-state index in [1.54, 1.807) is 12.3 Å². The largest absolute Gasteiger partial charge is 0.347 e. The molecule has 4 heteroatoms. The monoisotopic (exact) mass is 266 g/mol. The van der Waals surface area contributed by atoms with Gasteiger partial charge in [0.25, 0.3) is 5.91 Å². The summed E-state index contributed by atoms with van der Waals surface area (Å²) in [6, 6.07) is 1.72. The number of nitrogens with zero attached hydrogens (tertiary/aromatic N) is 1. The van der Waals surface area contributed by atoms with Crippen LogP contribution < -0.4 is 5.32 Å². The Hall–Kier alpha value is -1.09. The Morgan fingerprint density at radius 3 is 2.67 bits per heavy atom. The number of carbonyl (C=O) groups excluding carboxylic acids is 1. The van der Waals surface area contributed by atoms with Gasteiger partial charge in [0.15, 0.2) is 0 Å². The van der Waals surface area contributed by atoms with Crippen molar-refractivity contribution >= 4 is 17.5 Å². The fourth-order valence-electron chi connectivity index (χ4n) is 2.49. The molecule has 1 N–H and O–H groups in total. The van der Waals surface area contributed by atoms with Crippen molar-refractivity contribution in [2.75, 3.05) is 0 Å². The maximum Gasteiger partial charge on any atom is 0.254 e. The second-order valence-electron chi connectivity index (χ2n) is 5.38. The van der Waals surface area contributed by atoms with E-state index in [0.29, 0.717) is 10.6 Å². The van der Waals surface area contributed by atoms with Crippen molar-refractivity contribution in [1.29, 1.82) is 0 Å². The molecule has 1 aromatic rings. The molecule has 1 aromatic heterocycles. The van der Waals surface area contributed by atoms with E-state index >= 15 is 0 Å². The molecule has 0 unspecified atom stereocenters. The fraction of sp³-hybridized carbons (Fsp3) is 0.571. The number of aromatic nitrogens is 1. The molecule has 1 saturated carbocycles. The van der Waals surface area contributed by atoms with Crippen LogP contribution in [0.25, 0.3) is 0 Å². The Bertz CT molecular complexity index is 453. The zero-order valence-electron chi connectivity index (χ0n) is 10.9. The number of rotatable bonds is 2. The molecular formula is C14H19ClN2O. The fourth-order valence-corrected chi connectivity index (χ4v) is 2.78. The van der Waals surface area contributed by atoms with Crippen LogP contribution in [-0.2, 0) is 0 Å². The summed E-state index contributed by atoms with van der Waals surface area (Å²) in [5.74, 6) is -0.114. The average Bonchev–Trinajstić information content (AvgIpc) is 2.28. The number of aryl methyl sites for hydroxylation is 1. The van der Waals surface area contributed by atoms with Crippen LogP contribution in [-0.4, -0.2) is 16.4 Å². The molecule has 0 atom stereocenters. The third-order valence-electron chi connectivity index (χ3n) is 3.61. The standard InChI is InChI=1S/C14H19ClN2O/c1-10-8-12(15)11(9-16-10)13(18)17-14(2)6-4-3-5-7-14/h8-9H,3-7H2,1-2H3,(H,17,18). The Labute approximate surface area is 113 Å². The number of amides is 1. The third-order valence-corrected chi connectivity index (χ3v) is 3.92. The van der Waals surface area contributed by atoms with Gasteiger partial charge in [0.05, 0.1) is 10.6 Å². The van der Waals surface area contributed by atoms with Gasteiger partial charge in [-0.15, -0.1) is 0 Å². The zero-order valence-corrected chi connectivity index (χ0v) is 11.7. The van der Waals surface area contributed by atoms with Crippen molar-refractivity contribution in [3.8, 4) is 0 Å². The maximum absolute atomic E-state index is 12.2. The molecule has 0 aliphatic heterocycles. The minimum atomic E-state index is -0.114. The van der Waals surface area contributed by atoms with Crippen LogP contribution in [0.3, 0.4) is 0 Å². The van der Waals surface area contributed by atoms with Crippen molar-refractivity contribution in [2.45, 2.75) is 51.5 Å². The highest BCUT2D eigenvalue weighted by Gasteiger charge is 2.29. The molecule has 1 aliphatic carbocycles. The first-order chi connectivity index (χ1) is 8.50. The Balaban J connectivity index is 2.11. The van der Waals surface area contributed by atoms with Crippen LogP contribution >= 0.6 is 11.6 Å². The normalized spacial score (nSPS) is 18.4. The van der Waals surface area contributed by atoms with Gasteiger partial charge in [-0.1, -0.05) is 30.9 Å². The lowest BCUT2D eigenvalue weighted by molar-refractivity contribution is 0.0882. The number of carbonyl (C=O) groups is 1. The van der Waals surface area contributed by atoms with Gasteiger partial charge >= 0.3 is 0 Å². The topological polar surface area (TPSA) is 42.0 Å². The van der Waals surface area contributed by atoms with Gasteiger partial charge in [0, 0.05) is 17.4 Å². The lowest BCUT2D eigenvalue weighted by atomic mass is 9.83. The minimum Gasteiger partial charge on any atom is -0.347 e. The van der Waals surface area contributed by atoms with E-state index in [1.165, 1.54) is 19.3 Å². The predicted molar refractivity (Wildman–Crippen MR) is 72.9 cm³/mol. The van der Waals surface area contributed by atoms with E-state index < -0.39 is 0 Å². The second kappa shape index (κ2) is 5.27. The summed E-state index contributed by atoms with van der Waals surface area (Å²) in [5, 5.41) is 3.58. The highest BCUT2D eigenvalue weighted by atomic mass is 35.5. The van der Waals surface area contributed by atoms with E-state index in [-0.39, 0.29) is 11.4 Å². The van der Waals surface area contributed by atoms with Crippen LogP contribution in [0, 0.1) is 6.92 Å². The van der Waals surface area contributed by atoms with Crippen LogP contribution in [0.15, 0.2) is 12.3 Å². The Morgan fingerprint density at radius 2 is 2.06 bits per heavy atom. The first-order valence-corrected chi connectivity index (χ1v) is 6.83. The number of hydrogen-bond donors (Lipinski definition) is 1. The molecule has 0 aromatic carbocycles. The van der Waals surface area contributed by atoms with Gasteiger partial charge < -0.3 is 5.32 Å². The van der Waals surface area contributed by atoms with Crippen molar-refractivity contribution in [1.82, 2.24) is 10.3 Å². The van der Waals surface area contributed by atoms with E-state index in [9.17, 15) is 4.79 Å². The molecule has 1 amide bonds. The highest BCUT2D eigenvalue weighted by Crippen LogP contribution is 2.28. The summed E-state index contributed by atoms with van der Waals surface area (Å²) in [4.78, 5) is 16.3. The van der Waals surface area contributed by atoms with Gasteiger partial charge in [0.1, 0.15) is 0 Å². The lowest BCUT2D eigenvalue weighted by Gasteiger charge is -2.34. The van der Waals surface area contributed by atoms with E-state index in [0.717, 1.165) is 18.5 Å². The smallest absolute Gasteiger partial charge is 0.254 e. The number of hydrogen-bond acceptors (Lipinski definition) is 2. The SMILES string of the molecule is Cc1cc(Cl)c(C(=O)NC2(C)CCCCC2)cn1. The molecular weight excluding hydrogens is 248 g/mol. The van der Waals surface area contributed by atoms with Gasteiger partial charge in [-0.05, 0) is 32.8 Å². The Kier molecular flexibility index (Phi) is 3.91. The van der Waals surface area contributed by atoms with Crippen molar-refractivity contribution in [2.24, 2.45) is 0 Å². The van der Waals surface area contributed by atoms with E-state index in [4.69, 9.17) is 11.6 Å². The van der Waals surface area contributed by atoms with Crippen molar-refractivity contribution < 1.29 is 4.79 Å².